The molecule has 4 atom stereocenters. The van der Waals surface area contributed by atoms with E-state index in [9.17, 15) is 14.7 Å². The fourth-order valence-corrected chi connectivity index (χ4v) is 5.60. The summed E-state index contributed by atoms with van der Waals surface area (Å²) in [4.78, 5) is 21.9. The van der Waals surface area contributed by atoms with Crippen molar-refractivity contribution in [3.05, 3.63) is 24.3 Å². The normalized spacial score (nSPS) is 16.3. The Morgan fingerprint density at radius 1 is 0.680 bits per heavy atom. The third-order valence-corrected chi connectivity index (χ3v) is 8.76. The molecule has 1 fully saturated rings. The van der Waals surface area contributed by atoms with Gasteiger partial charge in [-0.15, -0.1) is 0 Å². The van der Waals surface area contributed by atoms with E-state index in [0.29, 0.717) is 31.5 Å². The molecule has 0 saturated carbocycles. The van der Waals surface area contributed by atoms with Crippen LogP contribution in [0.4, 0.5) is 0 Å². The van der Waals surface area contributed by atoms with Gasteiger partial charge in [0.15, 0.2) is 0 Å². The molecule has 0 aromatic carbocycles. The van der Waals surface area contributed by atoms with Crippen molar-refractivity contribution in [1.82, 2.24) is 0 Å². The summed E-state index contributed by atoms with van der Waals surface area (Å²) in [6, 6.07) is 0. The van der Waals surface area contributed by atoms with Gasteiger partial charge in [-0.25, -0.2) is 0 Å². The number of esters is 2. The molecule has 0 aliphatic carbocycles. The van der Waals surface area contributed by atoms with E-state index in [1.165, 1.54) is 65.6 Å². The number of aliphatic hydroxyl groups is 3. The van der Waals surface area contributed by atoms with E-state index in [2.05, 4.69) is 41.5 Å². The number of allylic oxidation sites excluding steroid dienone is 2. The molecule has 0 spiro atoms. The van der Waals surface area contributed by atoms with E-state index in [1.807, 2.05) is 6.08 Å². The van der Waals surface area contributed by atoms with E-state index >= 15 is 0 Å². The maximum Gasteiger partial charge on any atom is 0.305 e. The van der Waals surface area contributed by atoms with Crippen molar-refractivity contribution in [2.45, 2.75) is 192 Å². The minimum absolute atomic E-state index is 0.00747. The van der Waals surface area contributed by atoms with Gasteiger partial charge in [-0.1, -0.05) is 115 Å². The van der Waals surface area contributed by atoms with Crippen molar-refractivity contribution in [2.75, 3.05) is 34.5 Å². The van der Waals surface area contributed by atoms with Gasteiger partial charge in [-0.2, -0.15) is 0 Å². The molecule has 1 saturated heterocycles. The molecule has 296 valence electrons. The summed E-state index contributed by atoms with van der Waals surface area (Å²) in [6.07, 6.45) is 34.7. The average molecular weight is 715 g/mol. The second kappa shape index (κ2) is 40.0. The van der Waals surface area contributed by atoms with Gasteiger partial charge in [0.1, 0.15) is 0 Å². The van der Waals surface area contributed by atoms with Crippen LogP contribution in [0.1, 0.15) is 168 Å². The van der Waals surface area contributed by atoms with Crippen LogP contribution in [0.25, 0.3) is 0 Å². The van der Waals surface area contributed by atoms with Crippen molar-refractivity contribution < 1.29 is 43.9 Å². The Morgan fingerprint density at radius 2 is 1.20 bits per heavy atom. The molecular formula is C41H78O9. The Labute approximate surface area is 306 Å². The van der Waals surface area contributed by atoms with Crippen LogP contribution in [0.5, 0.6) is 0 Å². The highest BCUT2D eigenvalue weighted by Crippen LogP contribution is 2.30. The molecule has 1 rings (SSSR count). The van der Waals surface area contributed by atoms with Gasteiger partial charge < -0.3 is 34.3 Å². The lowest BCUT2D eigenvalue weighted by molar-refractivity contribution is -0.141. The van der Waals surface area contributed by atoms with Crippen LogP contribution < -0.4 is 0 Å². The first-order chi connectivity index (χ1) is 24.4. The summed E-state index contributed by atoms with van der Waals surface area (Å²) in [6.45, 7) is 4.68. The first-order valence-electron chi connectivity index (χ1n) is 19.9. The van der Waals surface area contributed by atoms with Gasteiger partial charge in [-0.3, -0.25) is 9.59 Å². The standard InChI is InChI=1S/C21H40O5.C19H34O3.CH4O/c1-3-4-11-15-20(26-18-17-22)19(23)14-12-9-7-5-6-8-10-13-16-21(24)25-2;1-3-4-11-14-17-18(22-17)15-12-9-7-5-6-8-10-13-16-19(20)21-2;1-2/h9,12,19-20,22-23H,3-8,10-11,13-18H2,1-2H3;9,12,17-18H,3-8,10-11,13-16H2,1-2H3;2H,1H3/b2*12-9-;. The van der Waals surface area contributed by atoms with Crippen molar-refractivity contribution >= 4 is 11.9 Å². The maximum absolute atomic E-state index is 11.0. The summed E-state index contributed by atoms with van der Waals surface area (Å²) in [5.41, 5.74) is 0. The summed E-state index contributed by atoms with van der Waals surface area (Å²) >= 11 is 0. The predicted octanol–water partition coefficient (Wildman–Crippen LogP) is 8.95. The lowest BCUT2D eigenvalue weighted by Gasteiger charge is -2.22. The molecule has 9 heteroatoms. The van der Waals surface area contributed by atoms with E-state index < -0.39 is 6.10 Å². The number of ether oxygens (including phenoxy) is 4. The fourth-order valence-electron chi connectivity index (χ4n) is 5.60. The first kappa shape index (κ1) is 50.3. The molecular weight excluding hydrogens is 636 g/mol. The number of carbonyl (C=O) groups is 2. The van der Waals surface area contributed by atoms with Gasteiger partial charge in [0, 0.05) is 20.0 Å². The van der Waals surface area contributed by atoms with Crippen LogP contribution in [0, 0.1) is 0 Å². The molecule has 0 aromatic heterocycles. The average Bonchev–Trinajstić information content (AvgIpc) is 3.89. The van der Waals surface area contributed by atoms with Gasteiger partial charge >= 0.3 is 11.9 Å². The van der Waals surface area contributed by atoms with Gasteiger partial charge in [0.2, 0.25) is 0 Å². The fraction of sp³-hybridized carbons (Fsp3) is 0.854. The maximum atomic E-state index is 11.0. The topological polar surface area (TPSA) is 135 Å². The molecule has 1 aliphatic rings. The Morgan fingerprint density at radius 3 is 1.74 bits per heavy atom. The van der Waals surface area contributed by atoms with Crippen LogP contribution in [-0.2, 0) is 28.5 Å². The van der Waals surface area contributed by atoms with Crippen LogP contribution in [0.15, 0.2) is 24.3 Å². The summed E-state index contributed by atoms with van der Waals surface area (Å²) < 4.78 is 20.5. The Bertz CT molecular complexity index is 786. The predicted molar refractivity (Wildman–Crippen MR) is 204 cm³/mol. The smallest absolute Gasteiger partial charge is 0.305 e. The Hall–Kier alpha value is -1.78. The molecule has 3 N–H and O–H groups in total. The highest BCUT2D eigenvalue weighted by Gasteiger charge is 2.36. The minimum Gasteiger partial charge on any atom is -0.469 e. The number of epoxide rings is 1. The number of hydrogen-bond acceptors (Lipinski definition) is 9. The molecule has 1 heterocycles. The zero-order valence-corrected chi connectivity index (χ0v) is 32.8. The first-order valence-corrected chi connectivity index (χ1v) is 19.9. The number of hydrogen-bond donors (Lipinski definition) is 3. The molecule has 0 radical (unpaired) electrons. The molecule has 0 bridgehead atoms. The van der Waals surface area contributed by atoms with E-state index in [1.54, 1.807) is 0 Å². The minimum atomic E-state index is -0.507. The molecule has 0 amide bonds. The zero-order chi connectivity index (χ0) is 37.5. The summed E-state index contributed by atoms with van der Waals surface area (Å²) in [5, 5.41) is 26.2. The van der Waals surface area contributed by atoms with Gasteiger partial charge in [-0.05, 0) is 64.2 Å². The van der Waals surface area contributed by atoms with Crippen molar-refractivity contribution in [2.24, 2.45) is 0 Å². The number of unbranched alkanes of at least 4 members (excludes halogenated alkanes) is 14. The van der Waals surface area contributed by atoms with Crippen molar-refractivity contribution in [3.63, 3.8) is 0 Å². The quantitative estimate of drug-likeness (QED) is 0.0270. The molecule has 0 aromatic rings. The molecule has 1 aliphatic heterocycles. The molecule has 50 heavy (non-hydrogen) atoms. The lowest BCUT2D eigenvalue weighted by Crippen LogP contribution is -2.29. The third-order valence-electron chi connectivity index (χ3n) is 8.76. The third kappa shape index (κ3) is 34.7. The van der Waals surface area contributed by atoms with E-state index in [-0.39, 0.29) is 31.3 Å². The second-order valence-electron chi connectivity index (χ2n) is 13.1. The highest BCUT2D eigenvalue weighted by molar-refractivity contribution is 5.69. The Balaban J connectivity index is 0. The van der Waals surface area contributed by atoms with Crippen LogP contribution in [0.2, 0.25) is 0 Å². The number of aliphatic hydroxyl groups excluding tert-OH is 3. The SMILES string of the molecule is CCCCCC(OCCO)C(O)C/C=C\CCCCCCCC(=O)OC.CCCCCC1OC1C/C=C\CCCCCCCC(=O)OC.CO. The van der Waals surface area contributed by atoms with Gasteiger partial charge in [0.25, 0.3) is 0 Å². The lowest BCUT2D eigenvalue weighted by atomic mass is 10.0. The summed E-state index contributed by atoms with van der Waals surface area (Å²) in [5.74, 6) is -0.208. The van der Waals surface area contributed by atoms with E-state index in [4.69, 9.17) is 19.7 Å². The van der Waals surface area contributed by atoms with Crippen LogP contribution in [-0.4, -0.2) is 86.2 Å². The van der Waals surface area contributed by atoms with Crippen molar-refractivity contribution in [1.29, 1.82) is 0 Å². The second-order valence-corrected chi connectivity index (χ2v) is 13.1. The number of carbonyl (C=O) groups excluding carboxylic acids is 2. The number of methoxy groups -OCH3 is 2. The van der Waals surface area contributed by atoms with Gasteiger partial charge in [0.05, 0.1) is 51.8 Å². The molecule has 9 nitrogen and oxygen atoms in total. The van der Waals surface area contributed by atoms with Crippen LogP contribution in [0.3, 0.4) is 0 Å². The molecule has 4 unspecified atom stereocenters. The largest absolute Gasteiger partial charge is 0.469 e. The van der Waals surface area contributed by atoms with Crippen LogP contribution >= 0.6 is 0 Å². The monoisotopic (exact) mass is 715 g/mol. The van der Waals surface area contributed by atoms with E-state index in [0.717, 1.165) is 90.6 Å². The Kier molecular flexibility index (Phi) is 40.3. The van der Waals surface area contributed by atoms with Crippen molar-refractivity contribution in [3.8, 4) is 0 Å². The summed E-state index contributed by atoms with van der Waals surface area (Å²) in [7, 11) is 3.88. The highest BCUT2D eigenvalue weighted by atomic mass is 16.6. The zero-order valence-electron chi connectivity index (χ0n) is 32.8. The number of rotatable bonds is 32.